The molecule has 3 heterocycles. The summed E-state index contributed by atoms with van der Waals surface area (Å²) in [7, 11) is 3.07. The Morgan fingerprint density at radius 2 is 1.39 bits per heavy atom. The molecule has 0 aromatic heterocycles. The summed E-state index contributed by atoms with van der Waals surface area (Å²) in [6, 6.07) is 0.658. The van der Waals surface area contributed by atoms with Crippen LogP contribution in [0.3, 0.4) is 0 Å². The van der Waals surface area contributed by atoms with Gasteiger partial charge in [0.15, 0.2) is 0 Å². The fraction of sp³-hybridized carbons (Fsp3) is 0.667. The van der Waals surface area contributed by atoms with E-state index in [1.165, 1.54) is 35.6 Å². The largest absolute Gasteiger partial charge is 0.497 e. The third-order valence-corrected chi connectivity index (χ3v) is 11.3. The number of fused-ring (bicyclic) bond motifs is 2. The van der Waals surface area contributed by atoms with Gasteiger partial charge in [-0.1, -0.05) is 52.7 Å². The number of rotatable bonds is 8. The number of hydrogen-bond donors (Lipinski definition) is 3. The molecule has 0 spiro atoms. The zero-order valence-corrected chi connectivity index (χ0v) is 32.9. The van der Waals surface area contributed by atoms with Gasteiger partial charge in [-0.2, -0.15) is 0 Å². The molecule has 0 saturated carbocycles. The minimum Gasteiger partial charge on any atom is -0.497 e. The molecule has 3 saturated heterocycles. The van der Waals surface area contributed by atoms with Crippen molar-refractivity contribution in [1.29, 1.82) is 0 Å². The summed E-state index contributed by atoms with van der Waals surface area (Å²) in [4.78, 5) is 102. The molecule has 1 aromatic carbocycles. The van der Waals surface area contributed by atoms with E-state index in [1.54, 1.807) is 38.3 Å². The first kappa shape index (κ1) is 42.1. The third kappa shape index (κ3) is 9.51. The number of ether oxygens (including phenoxy) is 2. The molecule has 54 heavy (non-hydrogen) atoms. The summed E-state index contributed by atoms with van der Waals surface area (Å²) >= 11 is 0. The molecule has 0 unspecified atom stereocenters. The van der Waals surface area contributed by atoms with Crippen LogP contribution in [-0.2, 0) is 44.7 Å². The van der Waals surface area contributed by atoms with Crippen molar-refractivity contribution in [2.24, 2.45) is 11.8 Å². The highest BCUT2D eigenvalue weighted by Crippen LogP contribution is 2.28. The average molecular weight is 755 g/mol. The second-order valence-corrected chi connectivity index (χ2v) is 15.0. The van der Waals surface area contributed by atoms with Crippen LogP contribution in [0.15, 0.2) is 24.3 Å². The number of amides is 6. The van der Waals surface area contributed by atoms with Gasteiger partial charge in [0.1, 0.15) is 48.1 Å². The van der Waals surface area contributed by atoms with Crippen molar-refractivity contribution in [2.45, 2.75) is 129 Å². The van der Waals surface area contributed by atoms with Crippen LogP contribution < -0.4 is 20.7 Å². The van der Waals surface area contributed by atoms with Gasteiger partial charge in [0.05, 0.1) is 7.11 Å². The van der Waals surface area contributed by atoms with Crippen LogP contribution in [0, 0.1) is 11.8 Å². The summed E-state index contributed by atoms with van der Waals surface area (Å²) < 4.78 is 11.1. The fourth-order valence-electron chi connectivity index (χ4n) is 7.51. The summed E-state index contributed by atoms with van der Waals surface area (Å²) in [6.45, 7) is 10.6. The number of hydrogen-bond acceptors (Lipinski definition) is 9. The Hall–Kier alpha value is -4.69. The van der Waals surface area contributed by atoms with Crippen LogP contribution in [0.25, 0.3) is 0 Å². The number of likely N-dealkylation sites (N-methyl/N-ethyl adjacent to an activating group) is 1. The second kappa shape index (κ2) is 18.6. The van der Waals surface area contributed by atoms with E-state index in [0.717, 1.165) is 5.56 Å². The number of benzene rings is 1. The van der Waals surface area contributed by atoms with Crippen molar-refractivity contribution in [3.05, 3.63) is 29.8 Å². The lowest BCUT2D eigenvalue weighted by molar-refractivity contribution is -0.158. The van der Waals surface area contributed by atoms with E-state index in [1.807, 2.05) is 20.8 Å². The number of methoxy groups -OCH3 is 1. The zero-order chi connectivity index (χ0) is 39.9. The van der Waals surface area contributed by atoms with Gasteiger partial charge < -0.3 is 40.1 Å². The molecule has 9 atom stereocenters. The molecule has 298 valence electrons. The Morgan fingerprint density at radius 3 is 1.94 bits per heavy atom. The van der Waals surface area contributed by atoms with Crippen LogP contribution in [-0.4, -0.2) is 126 Å². The molecule has 0 aliphatic carbocycles. The summed E-state index contributed by atoms with van der Waals surface area (Å²) in [5.74, 6) is -4.13. The number of nitrogens with one attached hydrogen (secondary N) is 3. The number of carbonyl (C=O) groups excluding carboxylic acids is 7. The zero-order valence-electron chi connectivity index (χ0n) is 32.9. The highest BCUT2D eigenvalue weighted by atomic mass is 16.5. The first-order valence-corrected chi connectivity index (χ1v) is 19.2. The maximum atomic E-state index is 14.4. The van der Waals surface area contributed by atoms with Gasteiger partial charge in [0.2, 0.25) is 35.4 Å². The van der Waals surface area contributed by atoms with Gasteiger partial charge in [-0.05, 0) is 62.1 Å². The predicted octanol–water partition coefficient (Wildman–Crippen LogP) is 1.56. The Balaban J connectivity index is 1.82. The topological polar surface area (TPSA) is 184 Å². The molecule has 0 bridgehead atoms. The van der Waals surface area contributed by atoms with E-state index in [4.69, 9.17) is 9.47 Å². The van der Waals surface area contributed by atoms with Gasteiger partial charge in [0, 0.05) is 33.5 Å². The highest BCUT2D eigenvalue weighted by Gasteiger charge is 2.46. The van der Waals surface area contributed by atoms with Crippen molar-refractivity contribution in [3.8, 4) is 5.75 Å². The molecule has 3 aliphatic heterocycles. The van der Waals surface area contributed by atoms with E-state index >= 15 is 0 Å². The Bertz CT molecular complexity index is 1550. The number of nitrogens with zero attached hydrogens (tertiary/aromatic N) is 3. The van der Waals surface area contributed by atoms with Crippen molar-refractivity contribution in [3.63, 3.8) is 0 Å². The molecule has 15 nitrogen and oxygen atoms in total. The molecular formula is C39H58N6O9. The number of carbonyl (C=O) groups is 7. The third-order valence-electron chi connectivity index (χ3n) is 11.3. The minimum atomic E-state index is -1.38. The molecule has 15 heteroatoms. The van der Waals surface area contributed by atoms with Gasteiger partial charge >= 0.3 is 5.97 Å². The Kier molecular flexibility index (Phi) is 14.5. The van der Waals surface area contributed by atoms with E-state index in [2.05, 4.69) is 16.0 Å². The van der Waals surface area contributed by atoms with Gasteiger partial charge in [-0.3, -0.25) is 28.8 Å². The predicted molar refractivity (Wildman–Crippen MR) is 199 cm³/mol. The standard InChI is InChI=1S/C39H58N6O9/c1-9-22(3)31-38(51)45-20-12-14-29(45)37(50)44-19-11-13-28(44)36(49)43(7)30(21-26-15-17-27(53-8)18-16-26)34(47)42-32(23(4)10-2)39(52)54-24(5)33(35(48)41-31)40-25(6)46/h15-18,22-24,28-33H,9-14,19-21H2,1-8H3,(H,40,46)(H,41,48)(H,42,47)/t22-,23+,24-,28+,29+,30+,31-,32+,33+/m1/s1. The molecular weight excluding hydrogens is 696 g/mol. The second-order valence-electron chi connectivity index (χ2n) is 15.0. The first-order chi connectivity index (χ1) is 25.6. The lowest BCUT2D eigenvalue weighted by Gasteiger charge is -2.36. The van der Waals surface area contributed by atoms with Crippen LogP contribution in [0.2, 0.25) is 0 Å². The van der Waals surface area contributed by atoms with Crippen molar-refractivity contribution < 1.29 is 43.0 Å². The van der Waals surface area contributed by atoms with Gasteiger partial charge in [-0.25, -0.2) is 4.79 Å². The monoisotopic (exact) mass is 754 g/mol. The van der Waals surface area contributed by atoms with E-state index in [0.29, 0.717) is 50.8 Å². The lowest BCUT2D eigenvalue weighted by Crippen LogP contribution is -2.61. The molecule has 3 fully saturated rings. The number of esters is 1. The average Bonchev–Trinajstić information content (AvgIpc) is 3.86. The van der Waals surface area contributed by atoms with Crippen molar-refractivity contribution in [1.82, 2.24) is 30.7 Å². The summed E-state index contributed by atoms with van der Waals surface area (Å²) in [6.07, 6.45) is 1.74. The smallest absolute Gasteiger partial charge is 0.329 e. The summed E-state index contributed by atoms with van der Waals surface area (Å²) in [5, 5.41) is 8.22. The van der Waals surface area contributed by atoms with Crippen LogP contribution in [0.1, 0.15) is 85.6 Å². The molecule has 3 N–H and O–H groups in total. The van der Waals surface area contributed by atoms with Gasteiger partial charge in [0.25, 0.3) is 0 Å². The molecule has 4 rings (SSSR count). The maximum absolute atomic E-state index is 14.4. The quantitative estimate of drug-likeness (QED) is 0.332. The van der Waals surface area contributed by atoms with Gasteiger partial charge in [-0.15, -0.1) is 0 Å². The Morgan fingerprint density at radius 1 is 0.852 bits per heavy atom. The summed E-state index contributed by atoms with van der Waals surface area (Å²) in [5.41, 5.74) is 0.727. The van der Waals surface area contributed by atoms with Crippen LogP contribution >= 0.6 is 0 Å². The molecule has 0 radical (unpaired) electrons. The van der Waals surface area contributed by atoms with E-state index < -0.39 is 83.8 Å². The highest BCUT2D eigenvalue weighted by molar-refractivity contribution is 5.98. The minimum absolute atomic E-state index is 0.0874. The van der Waals surface area contributed by atoms with Crippen LogP contribution in [0.4, 0.5) is 0 Å². The fourth-order valence-corrected chi connectivity index (χ4v) is 7.51. The van der Waals surface area contributed by atoms with Crippen molar-refractivity contribution >= 4 is 41.4 Å². The lowest BCUT2D eigenvalue weighted by atomic mass is 9.96. The van der Waals surface area contributed by atoms with Crippen molar-refractivity contribution in [2.75, 3.05) is 27.2 Å². The van der Waals surface area contributed by atoms with E-state index in [-0.39, 0.29) is 24.8 Å². The first-order valence-electron chi connectivity index (χ1n) is 19.2. The number of cyclic esters (lactones) is 1. The molecule has 6 amide bonds. The molecule has 1 aromatic rings. The normalized spacial score (nSPS) is 28.8. The van der Waals surface area contributed by atoms with E-state index in [9.17, 15) is 33.6 Å². The maximum Gasteiger partial charge on any atom is 0.329 e. The molecule has 3 aliphatic rings. The Labute approximate surface area is 318 Å². The van der Waals surface area contributed by atoms with Crippen LogP contribution in [0.5, 0.6) is 5.75 Å². The SMILES string of the molecule is CC[C@@H](C)[C@H]1NC(=O)[C@@H](NC(C)=O)[C@@H](C)OC(=O)[C@H]([C@@H](C)CC)NC(=O)[C@H](Cc2ccc(OC)cc2)N(C)C(=O)[C@@H]2CCCN2C(=O)[C@@H]2CCCN2C1=O.